The molecular formula is C23H31N7O5. The third-order valence-electron chi connectivity index (χ3n) is 5.22. The Labute approximate surface area is 202 Å². The standard InChI is InChI=1S/C23H31N7O5/c1-14-3-4-15(9-18(14)35-12-16(31)11-30(2)8-5-19(32)33)26-10-17-20-21(25-7-6-24)27-13-28-22(20)29-23(17)34/h3-4,9-10,13,16,31,34H,5-8,11-12,24H2,1-2H3,(H,32,33)(H2,25,27,28,29). The van der Waals surface area contributed by atoms with Crippen LogP contribution in [0.25, 0.3) is 11.0 Å². The van der Waals surface area contributed by atoms with Crippen molar-refractivity contribution in [2.75, 3.05) is 45.2 Å². The summed E-state index contributed by atoms with van der Waals surface area (Å²) >= 11 is 0. The van der Waals surface area contributed by atoms with E-state index in [0.717, 1.165) is 5.56 Å². The number of benzene rings is 1. The van der Waals surface area contributed by atoms with Gasteiger partial charge in [-0.1, -0.05) is 6.07 Å². The van der Waals surface area contributed by atoms with Gasteiger partial charge in [0.25, 0.3) is 0 Å². The number of nitrogens with zero attached hydrogens (tertiary/aromatic N) is 4. The number of H-pyrrole nitrogens is 1. The van der Waals surface area contributed by atoms with Crippen molar-refractivity contribution in [2.45, 2.75) is 19.4 Å². The zero-order valence-corrected chi connectivity index (χ0v) is 19.7. The zero-order valence-electron chi connectivity index (χ0n) is 19.7. The molecule has 0 spiro atoms. The topological polar surface area (TPSA) is 182 Å². The Morgan fingerprint density at radius 1 is 1.40 bits per heavy atom. The van der Waals surface area contributed by atoms with E-state index < -0.39 is 12.1 Å². The molecule has 1 aromatic carbocycles. The number of aliphatic imine (C=N–C) groups is 1. The highest BCUT2D eigenvalue weighted by Gasteiger charge is 2.15. The molecule has 188 valence electrons. The second kappa shape index (κ2) is 12.1. The number of carboxylic acid groups (broad SMARTS) is 1. The van der Waals surface area contributed by atoms with Crippen LogP contribution < -0.4 is 15.8 Å². The van der Waals surface area contributed by atoms with Crippen LogP contribution in [0, 0.1) is 6.92 Å². The molecule has 1 unspecified atom stereocenters. The van der Waals surface area contributed by atoms with Crippen molar-refractivity contribution in [3.63, 3.8) is 0 Å². The lowest BCUT2D eigenvalue weighted by Crippen LogP contribution is -2.34. The molecule has 12 heteroatoms. The second-order valence-corrected chi connectivity index (χ2v) is 8.13. The van der Waals surface area contributed by atoms with E-state index >= 15 is 0 Å². The van der Waals surface area contributed by atoms with Crippen molar-refractivity contribution in [1.82, 2.24) is 19.9 Å². The molecule has 7 N–H and O–H groups in total. The van der Waals surface area contributed by atoms with Crippen molar-refractivity contribution in [3.8, 4) is 11.6 Å². The van der Waals surface area contributed by atoms with Gasteiger partial charge in [0.15, 0.2) is 5.88 Å². The number of nitrogens with two attached hydrogens (primary N) is 1. The first-order chi connectivity index (χ1) is 16.8. The van der Waals surface area contributed by atoms with Crippen molar-refractivity contribution < 1.29 is 24.9 Å². The number of carboxylic acids is 1. The Hall–Kier alpha value is -3.74. The molecule has 12 nitrogen and oxygen atoms in total. The summed E-state index contributed by atoms with van der Waals surface area (Å²) in [4.78, 5) is 28.1. The van der Waals surface area contributed by atoms with Gasteiger partial charge in [-0.05, 0) is 25.6 Å². The van der Waals surface area contributed by atoms with Gasteiger partial charge in [0.1, 0.15) is 36.3 Å². The first kappa shape index (κ1) is 25.9. The summed E-state index contributed by atoms with van der Waals surface area (Å²) < 4.78 is 5.80. The summed E-state index contributed by atoms with van der Waals surface area (Å²) in [7, 11) is 1.74. The monoisotopic (exact) mass is 485 g/mol. The first-order valence-corrected chi connectivity index (χ1v) is 11.1. The third-order valence-corrected chi connectivity index (χ3v) is 5.22. The van der Waals surface area contributed by atoms with Crippen LogP contribution in [0.1, 0.15) is 17.5 Å². The van der Waals surface area contributed by atoms with Crippen LogP contribution >= 0.6 is 0 Å². The van der Waals surface area contributed by atoms with Crippen molar-refractivity contribution in [1.29, 1.82) is 0 Å². The summed E-state index contributed by atoms with van der Waals surface area (Å²) in [5.74, 6) is 0.128. The van der Waals surface area contributed by atoms with Crippen LogP contribution in [0.2, 0.25) is 0 Å². The number of carbonyl (C=O) groups is 1. The molecule has 3 aromatic rings. The number of anilines is 1. The van der Waals surface area contributed by atoms with Crippen molar-refractivity contribution in [3.05, 3.63) is 35.7 Å². The number of hydrogen-bond acceptors (Lipinski definition) is 10. The number of aliphatic hydroxyl groups excluding tert-OH is 1. The number of aryl methyl sites for hydroxylation is 1. The van der Waals surface area contributed by atoms with E-state index in [0.29, 0.717) is 53.5 Å². The van der Waals surface area contributed by atoms with Crippen LogP contribution in [0.3, 0.4) is 0 Å². The molecule has 0 amide bonds. The Morgan fingerprint density at radius 2 is 2.20 bits per heavy atom. The first-order valence-electron chi connectivity index (χ1n) is 11.1. The summed E-state index contributed by atoms with van der Waals surface area (Å²) in [6.07, 6.45) is 2.13. The highest BCUT2D eigenvalue weighted by Crippen LogP contribution is 2.30. The number of aromatic hydroxyl groups is 1. The Morgan fingerprint density at radius 3 is 2.94 bits per heavy atom. The number of likely N-dealkylation sites (N-methyl/N-ethyl adjacent to an activating group) is 1. The number of ether oxygens (including phenoxy) is 1. The van der Waals surface area contributed by atoms with Gasteiger partial charge >= 0.3 is 5.97 Å². The molecular weight excluding hydrogens is 454 g/mol. The Balaban J connectivity index is 1.71. The van der Waals surface area contributed by atoms with E-state index in [1.165, 1.54) is 12.5 Å². The maximum atomic E-state index is 10.7. The van der Waals surface area contributed by atoms with E-state index in [1.807, 2.05) is 19.1 Å². The summed E-state index contributed by atoms with van der Waals surface area (Å²) in [5.41, 5.74) is 7.93. The summed E-state index contributed by atoms with van der Waals surface area (Å²) in [6, 6.07) is 5.40. The summed E-state index contributed by atoms with van der Waals surface area (Å²) in [5, 5.41) is 33.1. The highest BCUT2D eigenvalue weighted by atomic mass is 16.5. The van der Waals surface area contributed by atoms with E-state index in [4.69, 9.17) is 15.6 Å². The smallest absolute Gasteiger partial charge is 0.304 e. The number of nitrogens with one attached hydrogen (secondary N) is 2. The number of aliphatic hydroxyl groups is 1. The molecule has 0 bridgehead atoms. The minimum atomic E-state index is -0.882. The number of rotatable bonds is 13. The molecule has 35 heavy (non-hydrogen) atoms. The molecule has 0 fully saturated rings. The van der Waals surface area contributed by atoms with Gasteiger partial charge in [0.05, 0.1) is 23.1 Å². The van der Waals surface area contributed by atoms with Gasteiger partial charge in [0, 0.05) is 38.5 Å². The van der Waals surface area contributed by atoms with Gasteiger partial charge in [0.2, 0.25) is 0 Å². The highest BCUT2D eigenvalue weighted by molar-refractivity contribution is 6.06. The number of hydrogen-bond donors (Lipinski definition) is 6. The molecule has 1 atom stereocenters. The normalized spacial score (nSPS) is 12.5. The van der Waals surface area contributed by atoms with Gasteiger partial charge < -0.3 is 41.0 Å². The molecule has 0 saturated carbocycles. The molecule has 3 rings (SSSR count). The van der Waals surface area contributed by atoms with Crippen molar-refractivity contribution >= 4 is 34.7 Å². The third kappa shape index (κ3) is 7.12. The predicted molar refractivity (Wildman–Crippen MR) is 133 cm³/mol. The fourth-order valence-electron chi connectivity index (χ4n) is 3.42. The van der Waals surface area contributed by atoms with Crippen molar-refractivity contribution in [2.24, 2.45) is 10.7 Å². The maximum Gasteiger partial charge on any atom is 0.304 e. The van der Waals surface area contributed by atoms with Gasteiger partial charge in [-0.15, -0.1) is 0 Å². The fourth-order valence-corrected chi connectivity index (χ4v) is 3.42. The van der Waals surface area contributed by atoms with E-state index in [1.54, 1.807) is 18.0 Å². The molecule has 0 saturated heterocycles. The second-order valence-electron chi connectivity index (χ2n) is 8.13. The average molecular weight is 486 g/mol. The minimum Gasteiger partial charge on any atom is -0.494 e. The molecule has 2 heterocycles. The Bertz CT molecular complexity index is 1180. The fraction of sp³-hybridized carbons (Fsp3) is 0.391. The Kier molecular flexibility index (Phi) is 8.95. The number of aromatic nitrogens is 3. The molecule has 0 radical (unpaired) electrons. The molecule has 0 aliphatic rings. The van der Waals surface area contributed by atoms with Crippen LogP contribution in [0.15, 0.2) is 29.5 Å². The van der Waals surface area contributed by atoms with Gasteiger partial charge in [-0.3, -0.25) is 9.79 Å². The SMILES string of the molecule is Cc1ccc(N=Cc2c(O)[nH]c3ncnc(NCCN)c23)cc1OCC(O)CN(C)CCC(=O)O. The number of fused-ring (bicyclic) bond motifs is 1. The number of aromatic amines is 1. The molecule has 0 aliphatic carbocycles. The van der Waals surface area contributed by atoms with E-state index in [2.05, 4.69) is 25.3 Å². The lowest BCUT2D eigenvalue weighted by Gasteiger charge is -2.20. The lowest BCUT2D eigenvalue weighted by molar-refractivity contribution is -0.137. The van der Waals surface area contributed by atoms with Gasteiger partial charge in [-0.25, -0.2) is 9.97 Å². The van der Waals surface area contributed by atoms with Crippen LogP contribution in [0.4, 0.5) is 11.5 Å². The maximum absolute atomic E-state index is 10.7. The number of aliphatic carboxylic acids is 1. The zero-order chi connectivity index (χ0) is 25.4. The van der Waals surface area contributed by atoms with Crippen LogP contribution in [0.5, 0.6) is 11.6 Å². The minimum absolute atomic E-state index is 0.00587. The molecule has 2 aromatic heterocycles. The molecule has 0 aliphatic heterocycles. The van der Waals surface area contributed by atoms with Gasteiger partial charge in [-0.2, -0.15) is 0 Å². The van der Waals surface area contributed by atoms with Crippen LogP contribution in [-0.2, 0) is 4.79 Å². The lowest BCUT2D eigenvalue weighted by atomic mass is 10.2. The largest absolute Gasteiger partial charge is 0.494 e. The van der Waals surface area contributed by atoms with E-state index in [9.17, 15) is 15.0 Å². The van der Waals surface area contributed by atoms with E-state index in [-0.39, 0.29) is 25.5 Å². The predicted octanol–water partition coefficient (Wildman–Crippen LogP) is 1.24. The van der Waals surface area contributed by atoms with Crippen LogP contribution in [-0.4, -0.2) is 93.3 Å². The summed E-state index contributed by atoms with van der Waals surface area (Å²) in [6.45, 7) is 3.48. The average Bonchev–Trinajstić information content (AvgIpc) is 3.15. The quantitative estimate of drug-likeness (QED) is 0.193.